The van der Waals surface area contributed by atoms with Crippen molar-refractivity contribution in [3.8, 4) is 0 Å². The molecule has 0 spiro atoms. The number of aryl methyl sites for hydroxylation is 2. The lowest BCUT2D eigenvalue weighted by molar-refractivity contribution is 0.173. The molecule has 0 aliphatic carbocycles. The van der Waals surface area contributed by atoms with Gasteiger partial charge in [0.25, 0.3) is 0 Å². The van der Waals surface area contributed by atoms with Crippen molar-refractivity contribution in [2.45, 2.75) is 45.6 Å². The minimum atomic E-state index is -0.590. The molecule has 21 heavy (non-hydrogen) atoms. The maximum absolute atomic E-state index is 10.7. The summed E-state index contributed by atoms with van der Waals surface area (Å²) in [6, 6.07) is 8.04. The summed E-state index contributed by atoms with van der Waals surface area (Å²) in [5.41, 5.74) is 3.77. The molecule has 0 saturated carbocycles. The molecular formula is C17H23ClN2O. The lowest BCUT2D eigenvalue weighted by atomic mass is 9.82. The Bertz CT molecular complexity index is 641. The summed E-state index contributed by atoms with van der Waals surface area (Å²) in [5.74, 6) is 0. The second kappa shape index (κ2) is 5.82. The Labute approximate surface area is 131 Å². The van der Waals surface area contributed by atoms with Gasteiger partial charge in [-0.05, 0) is 23.5 Å². The molecule has 0 fully saturated rings. The highest BCUT2D eigenvalue weighted by Crippen LogP contribution is 2.32. The fourth-order valence-corrected chi connectivity index (χ4v) is 2.90. The number of rotatable bonds is 3. The van der Waals surface area contributed by atoms with Crippen LogP contribution >= 0.6 is 11.6 Å². The van der Waals surface area contributed by atoms with Crippen molar-refractivity contribution in [2.75, 3.05) is 0 Å². The zero-order chi connectivity index (χ0) is 15.8. The zero-order valence-corrected chi connectivity index (χ0v) is 14.1. The van der Waals surface area contributed by atoms with Gasteiger partial charge in [0, 0.05) is 13.5 Å². The zero-order valence-electron chi connectivity index (χ0n) is 13.3. The lowest BCUT2D eigenvalue weighted by Crippen LogP contribution is -2.17. The Morgan fingerprint density at radius 2 is 1.90 bits per heavy atom. The molecule has 1 unspecified atom stereocenters. The van der Waals surface area contributed by atoms with Crippen LogP contribution in [0.25, 0.3) is 0 Å². The number of hydrogen-bond acceptors (Lipinski definition) is 2. The van der Waals surface area contributed by atoms with Crippen LogP contribution in [0.15, 0.2) is 24.3 Å². The molecule has 0 aliphatic rings. The molecule has 1 aromatic heterocycles. The van der Waals surface area contributed by atoms with Gasteiger partial charge in [-0.3, -0.25) is 4.68 Å². The Kier molecular flexibility index (Phi) is 4.45. The van der Waals surface area contributed by atoms with E-state index in [-0.39, 0.29) is 5.41 Å². The van der Waals surface area contributed by atoms with Crippen LogP contribution < -0.4 is 0 Å². The summed E-state index contributed by atoms with van der Waals surface area (Å²) in [7, 11) is 1.86. The second-order valence-electron chi connectivity index (χ2n) is 6.53. The van der Waals surface area contributed by atoms with E-state index in [2.05, 4.69) is 31.9 Å². The monoisotopic (exact) mass is 306 g/mol. The summed E-state index contributed by atoms with van der Waals surface area (Å²) in [4.78, 5) is 0. The van der Waals surface area contributed by atoms with Gasteiger partial charge >= 0.3 is 0 Å². The fraction of sp³-hybridized carbons (Fsp3) is 0.471. The van der Waals surface area contributed by atoms with E-state index in [4.69, 9.17) is 11.6 Å². The Balaban J connectivity index is 2.35. The molecule has 2 rings (SSSR count). The largest absolute Gasteiger partial charge is 0.388 e. The third-order valence-corrected chi connectivity index (χ3v) is 4.27. The SMILES string of the molecule is Cc1nn(C)c(CC(O)c2ccccc2C(C)(C)C)c1Cl. The highest BCUT2D eigenvalue weighted by atomic mass is 35.5. The molecule has 0 radical (unpaired) electrons. The molecule has 2 aromatic rings. The molecule has 0 amide bonds. The quantitative estimate of drug-likeness (QED) is 0.932. The first kappa shape index (κ1) is 16.1. The number of aliphatic hydroxyl groups excluding tert-OH is 1. The maximum Gasteiger partial charge on any atom is 0.0848 e. The average Bonchev–Trinajstić information content (AvgIpc) is 2.64. The molecule has 1 N–H and O–H groups in total. The molecule has 4 heteroatoms. The molecule has 114 valence electrons. The Hall–Kier alpha value is -1.32. The summed E-state index contributed by atoms with van der Waals surface area (Å²) >= 11 is 6.28. The highest BCUT2D eigenvalue weighted by Gasteiger charge is 2.23. The van der Waals surface area contributed by atoms with Gasteiger partial charge in [-0.15, -0.1) is 0 Å². The summed E-state index contributed by atoms with van der Waals surface area (Å²) in [5, 5.41) is 15.6. The van der Waals surface area contributed by atoms with Crippen LogP contribution in [0.5, 0.6) is 0 Å². The van der Waals surface area contributed by atoms with Crippen LogP contribution in [0.4, 0.5) is 0 Å². The van der Waals surface area contributed by atoms with Crippen molar-refractivity contribution in [2.24, 2.45) is 7.05 Å². The van der Waals surface area contributed by atoms with Crippen LogP contribution in [-0.4, -0.2) is 14.9 Å². The third kappa shape index (κ3) is 3.30. The molecule has 0 aliphatic heterocycles. The Morgan fingerprint density at radius 3 is 2.43 bits per heavy atom. The fourth-order valence-electron chi connectivity index (χ4n) is 2.67. The number of nitrogens with zero attached hydrogens (tertiary/aromatic N) is 2. The van der Waals surface area contributed by atoms with E-state index >= 15 is 0 Å². The number of aliphatic hydroxyl groups is 1. The second-order valence-corrected chi connectivity index (χ2v) is 6.90. The summed E-state index contributed by atoms with van der Waals surface area (Å²) in [6.45, 7) is 8.33. The van der Waals surface area contributed by atoms with Gasteiger partial charge in [-0.1, -0.05) is 56.6 Å². The van der Waals surface area contributed by atoms with Gasteiger partial charge in [-0.25, -0.2) is 0 Å². The summed E-state index contributed by atoms with van der Waals surface area (Å²) < 4.78 is 1.75. The van der Waals surface area contributed by atoms with Crippen molar-refractivity contribution in [3.05, 3.63) is 51.8 Å². The smallest absolute Gasteiger partial charge is 0.0848 e. The molecule has 1 atom stereocenters. The number of halogens is 1. The van der Waals surface area contributed by atoms with Crippen LogP contribution in [0.1, 0.15) is 49.4 Å². The van der Waals surface area contributed by atoms with E-state index in [1.165, 1.54) is 0 Å². The molecule has 1 aromatic carbocycles. The van der Waals surface area contributed by atoms with E-state index in [1.807, 2.05) is 32.2 Å². The minimum Gasteiger partial charge on any atom is -0.388 e. The van der Waals surface area contributed by atoms with Gasteiger partial charge in [0.2, 0.25) is 0 Å². The van der Waals surface area contributed by atoms with Gasteiger partial charge in [-0.2, -0.15) is 5.10 Å². The summed E-state index contributed by atoms with van der Waals surface area (Å²) in [6.07, 6.45) is -0.128. The van der Waals surface area contributed by atoms with Crippen molar-refractivity contribution in [1.82, 2.24) is 9.78 Å². The van der Waals surface area contributed by atoms with Crippen molar-refractivity contribution in [1.29, 1.82) is 0 Å². The first-order valence-electron chi connectivity index (χ1n) is 7.17. The van der Waals surface area contributed by atoms with Crippen molar-refractivity contribution < 1.29 is 5.11 Å². The van der Waals surface area contributed by atoms with Crippen LogP contribution in [0.2, 0.25) is 5.02 Å². The minimum absolute atomic E-state index is 0.0102. The van der Waals surface area contributed by atoms with E-state index in [1.54, 1.807) is 4.68 Å². The maximum atomic E-state index is 10.7. The van der Waals surface area contributed by atoms with Gasteiger partial charge in [0.15, 0.2) is 0 Å². The van der Waals surface area contributed by atoms with Gasteiger partial charge in [0.1, 0.15) is 0 Å². The standard InChI is InChI=1S/C17H23ClN2O/c1-11-16(18)14(20(5)19-11)10-15(21)12-8-6-7-9-13(12)17(2,3)4/h6-9,15,21H,10H2,1-5H3. The van der Waals surface area contributed by atoms with E-state index in [0.29, 0.717) is 11.4 Å². The van der Waals surface area contributed by atoms with Gasteiger partial charge in [0.05, 0.1) is 22.5 Å². The Morgan fingerprint density at radius 1 is 1.29 bits per heavy atom. The number of aromatic nitrogens is 2. The molecule has 1 heterocycles. The normalized spacial score (nSPS) is 13.5. The predicted octanol–water partition coefficient (Wildman–Crippen LogP) is 3.96. The van der Waals surface area contributed by atoms with E-state index in [0.717, 1.165) is 22.5 Å². The third-order valence-electron chi connectivity index (χ3n) is 3.78. The van der Waals surface area contributed by atoms with Crippen LogP contribution in [0, 0.1) is 6.92 Å². The molecule has 0 saturated heterocycles. The molecule has 0 bridgehead atoms. The lowest BCUT2D eigenvalue weighted by Gasteiger charge is -2.25. The number of benzene rings is 1. The van der Waals surface area contributed by atoms with Crippen LogP contribution in [-0.2, 0) is 18.9 Å². The van der Waals surface area contributed by atoms with Crippen molar-refractivity contribution >= 4 is 11.6 Å². The van der Waals surface area contributed by atoms with E-state index < -0.39 is 6.10 Å². The molecular weight excluding hydrogens is 284 g/mol. The first-order valence-corrected chi connectivity index (χ1v) is 7.55. The van der Waals surface area contributed by atoms with E-state index in [9.17, 15) is 5.11 Å². The predicted molar refractivity (Wildman–Crippen MR) is 86.8 cm³/mol. The first-order chi connectivity index (χ1) is 9.71. The topological polar surface area (TPSA) is 38.0 Å². The molecule has 3 nitrogen and oxygen atoms in total. The van der Waals surface area contributed by atoms with Crippen LogP contribution in [0.3, 0.4) is 0 Å². The highest BCUT2D eigenvalue weighted by molar-refractivity contribution is 6.31. The average molecular weight is 307 g/mol. The number of hydrogen-bond donors (Lipinski definition) is 1. The van der Waals surface area contributed by atoms with Crippen molar-refractivity contribution in [3.63, 3.8) is 0 Å². The van der Waals surface area contributed by atoms with Gasteiger partial charge < -0.3 is 5.11 Å².